The number of nitrogens with two attached hydrogens (primary N) is 1. The monoisotopic (exact) mass is 137 g/mol. The molecule has 7 heavy (non-hydrogen) atoms. The number of carbonyl (C=O) groups is 1. The van der Waals surface area contributed by atoms with Gasteiger partial charge in [0.1, 0.15) is 0 Å². The minimum absolute atomic E-state index is 0. The Labute approximate surface area is 108 Å². The molecule has 0 spiro atoms. The first-order valence-corrected chi connectivity index (χ1v) is 1.17. The molecule has 0 rings (SSSR count). The van der Waals surface area contributed by atoms with Crippen LogP contribution >= 0.6 is 0 Å². The van der Waals surface area contributed by atoms with E-state index in [4.69, 9.17) is 9.90 Å². The number of carboxylic acids is 1. The molecule has 0 fully saturated rings. The fourth-order valence-corrected chi connectivity index (χ4v) is 0. The summed E-state index contributed by atoms with van der Waals surface area (Å²) in [5.74, 6) is -1.22. The van der Waals surface area contributed by atoms with E-state index in [1.165, 1.54) is 0 Å². The number of hydrogen-bond acceptors (Lipinski definition) is 3. The normalized spacial score (nSPS) is 5.29. The van der Waals surface area contributed by atoms with Crippen LogP contribution in [0.25, 0.3) is 0 Å². The first kappa shape index (κ1) is 16.0. The summed E-state index contributed by atoms with van der Waals surface area (Å²) in [6, 6.07) is 0. The predicted octanol–water partition coefficient (Wildman–Crippen LogP) is -8.18. The third-order valence-corrected chi connectivity index (χ3v) is 0.167. The Bertz CT molecular complexity index is 55.3. The smallest absolute Gasteiger partial charge is 1.00 e. The molecule has 0 unspecified atom stereocenters. The second kappa shape index (κ2) is 10.9. The molecule has 2 N–H and O–H groups in total. The van der Waals surface area contributed by atoms with Crippen molar-refractivity contribution in [1.29, 1.82) is 0 Å². The molecule has 0 aliphatic carbocycles. The van der Waals surface area contributed by atoms with Gasteiger partial charge in [-0.15, -0.1) is 0 Å². The minimum atomic E-state index is -1.22. The van der Waals surface area contributed by atoms with Gasteiger partial charge in [-0.3, -0.25) is 0 Å². The summed E-state index contributed by atoms with van der Waals surface area (Å²) < 4.78 is 0. The number of aliphatic carboxylic acids is 1. The van der Waals surface area contributed by atoms with Crippen molar-refractivity contribution in [3.63, 3.8) is 0 Å². The van der Waals surface area contributed by atoms with Gasteiger partial charge in [0, 0.05) is 6.54 Å². The quantitative estimate of drug-likeness (QED) is 0.365. The van der Waals surface area contributed by atoms with Crippen molar-refractivity contribution in [1.82, 2.24) is 0 Å². The van der Waals surface area contributed by atoms with E-state index in [9.17, 15) is 0 Å². The molecule has 0 bridgehead atoms. The van der Waals surface area contributed by atoms with E-state index in [1.54, 1.807) is 0 Å². The van der Waals surface area contributed by atoms with E-state index in [0.717, 1.165) is 0 Å². The summed E-state index contributed by atoms with van der Waals surface area (Å²) >= 11 is 0. The Hall–Kier alpha value is 2.07. The van der Waals surface area contributed by atoms with Crippen molar-refractivity contribution in [2.45, 2.75) is 0 Å². The van der Waals surface area contributed by atoms with E-state index in [-0.39, 0.29) is 88.9 Å². The van der Waals surface area contributed by atoms with Crippen LogP contribution < -0.4 is 91.8 Å². The largest absolute Gasteiger partial charge is 1.00 e. The third-order valence-electron chi connectivity index (χ3n) is 0.167. The van der Waals surface area contributed by atoms with Crippen molar-refractivity contribution in [3.8, 4) is 0 Å². The summed E-state index contributed by atoms with van der Waals surface area (Å²) in [7, 11) is 0. The Morgan fingerprint density at radius 3 is 2.00 bits per heavy atom. The molecule has 32 valence electrons. The van der Waals surface area contributed by atoms with Crippen molar-refractivity contribution in [3.05, 3.63) is 0 Å². The van der Waals surface area contributed by atoms with Gasteiger partial charge >= 0.3 is 80.9 Å². The molecule has 0 atom stereocenters. The first-order chi connectivity index (χ1) is 2.27. The van der Waals surface area contributed by atoms with Gasteiger partial charge in [-0.2, -0.15) is 0 Å². The summed E-state index contributed by atoms with van der Waals surface area (Å²) in [4.78, 5) is 9.13. The van der Waals surface area contributed by atoms with E-state index in [2.05, 4.69) is 5.73 Å². The zero-order valence-electron chi connectivity index (χ0n) is 5.60. The van der Waals surface area contributed by atoms with E-state index in [0.29, 0.717) is 0 Å². The zero-order chi connectivity index (χ0) is 4.28. The van der Waals surface area contributed by atoms with E-state index in [1.807, 2.05) is 0 Å². The maximum atomic E-state index is 9.13. The average Bonchev–Trinajstić information content (AvgIpc) is 1.38. The summed E-state index contributed by atoms with van der Waals surface area (Å²) in [6.07, 6.45) is 0. The molecule has 0 heterocycles. The van der Waals surface area contributed by atoms with Crippen LogP contribution in [-0.4, -0.2) is 12.5 Å². The van der Waals surface area contributed by atoms with E-state index >= 15 is 0 Å². The standard InChI is InChI=1S/C2H5NO2.K.Na.H/c3-1-2(4)5;;;/h1,3H2,(H,4,5);;;/q;2*+1;-1/p-1. The number of rotatable bonds is 1. The van der Waals surface area contributed by atoms with Crippen molar-refractivity contribution in [2.24, 2.45) is 5.73 Å². The van der Waals surface area contributed by atoms with E-state index < -0.39 is 5.97 Å². The fourth-order valence-electron chi connectivity index (χ4n) is 0. The average molecular weight is 137 g/mol. The van der Waals surface area contributed by atoms with Crippen LogP contribution in [0.1, 0.15) is 1.43 Å². The van der Waals surface area contributed by atoms with Gasteiger partial charge in [0.25, 0.3) is 0 Å². The molecule has 0 aliphatic rings. The second-order valence-electron chi connectivity index (χ2n) is 0.576. The Morgan fingerprint density at radius 2 is 2.00 bits per heavy atom. The second-order valence-corrected chi connectivity index (χ2v) is 0.576. The molecule has 0 saturated heterocycles. The van der Waals surface area contributed by atoms with Crippen LogP contribution in [0.2, 0.25) is 0 Å². The summed E-state index contributed by atoms with van der Waals surface area (Å²) in [5, 5.41) is 9.13. The van der Waals surface area contributed by atoms with Crippen molar-refractivity contribution in [2.75, 3.05) is 6.54 Å². The van der Waals surface area contributed by atoms with Crippen LogP contribution in [0.5, 0.6) is 0 Å². The maximum absolute atomic E-state index is 9.13. The van der Waals surface area contributed by atoms with Crippen LogP contribution in [0.4, 0.5) is 0 Å². The van der Waals surface area contributed by atoms with Gasteiger partial charge in [0.2, 0.25) is 0 Å². The molecule has 0 radical (unpaired) electrons. The van der Waals surface area contributed by atoms with Gasteiger partial charge < -0.3 is 17.1 Å². The first-order valence-electron chi connectivity index (χ1n) is 1.17. The molecule has 0 aromatic heterocycles. The molecule has 0 saturated carbocycles. The van der Waals surface area contributed by atoms with Gasteiger partial charge in [-0.05, 0) is 0 Å². The SMILES string of the molecule is NCC(=O)[O-].[H-].[K+].[Na+]. The van der Waals surface area contributed by atoms with Crippen molar-refractivity contribution >= 4 is 5.97 Å². The number of hydrogen-bond donors (Lipinski definition) is 1. The number of carbonyl (C=O) groups excluding carboxylic acids is 1. The summed E-state index contributed by atoms with van der Waals surface area (Å²) in [5.41, 5.74) is 4.51. The Balaban J connectivity index is -0.0000000267. The molecule has 0 amide bonds. The van der Waals surface area contributed by atoms with Gasteiger partial charge in [0.05, 0.1) is 5.97 Å². The zero-order valence-corrected chi connectivity index (χ0v) is 9.72. The van der Waals surface area contributed by atoms with Gasteiger partial charge in [-0.1, -0.05) is 0 Å². The molecule has 0 aliphatic heterocycles. The van der Waals surface area contributed by atoms with Crippen LogP contribution in [0, 0.1) is 0 Å². The molecule has 5 heteroatoms. The molecular formula is C2H5KNNaO2. The molecule has 0 aromatic rings. The third kappa shape index (κ3) is 18.0. The predicted molar refractivity (Wildman–Crippen MR) is 15.2 cm³/mol. The molecular weight excluding hydrogens is 132 g/mol. The van der Waals surface area contributed by atoms with Gasteiger partial charge in [-0.25, -0.2) is 0 Å². The van der Waals surface area contributed by atoms with Crippen LogP contribution in [0.3, 0.4) is 0 Å². The van der Waals surface area contributed by atoms with Crippen LogP contribution in [0.15, 0.2) is 0 Å². The Morgan fingerprint density at radius 1 is 1.86 bits per heavy atom. The topological polar surface area (TPSA) is 66.2 Å². The summed E-state index contributed by atoms with van der Waals surface area (Å²) in [6.45, 7) is -0.389. The van der Waals surface area contributed by atoms with Gasteiger partial charge in [0.15, 0.2) is 0 Å². The molecule has 3 nitrogen and oxygen atoms in total. The van der Waals surface area contributed by atoms with Crippen LogP contribution in [-0.2, 0) is 4.79 Å². The van der Waals surface area contributed by atoms with Crippen molar-refractivity contribution < 1.29 is 92.3 Å². The minimum Gasteiger partial charge on any atom is -1.00 e. The maximum Gasteiger partial charge on any atom is 1.00 e. The number of carboxylic acid groups (broad SMARTS) is 1. The Kier molecular flexibility index (Phi) is 25.1. The molecule has 0 aromatic carbocycles. The fraction of sp³-hybridized carbons (Fsp3) is 0.500.